The molecule has 8 nitrogen and oxygen atoms in total. The summed E-state index contributed by atoms with van der Waals surface area (Å²) < 4.78 is 33.0. The average molecular weight is 440 g/mol. The van der Waals surface area contributed by atoms with Gasteiger partial charge in [-0.3, -0.25) is 9.59 Å². The summed E-state index contributed by atoms with van der Waals surface area (Å²) in [5.74, 6) is 1.47. The molecule has 0 N–H and O–H groups in total. The monoisotopic (exact) mass is 440 g/mol. The van der Waals surface area contributed by atoms with E-state index in [4.69, 9.17) is 28.4 Å². The molecule has 0 aromatic heterocycles. The number of benzene rings is 2. The van der Waals surface area contributed by atoms with Crippen molar-refractivity contribution in [2.45, 2.75) is 12.8 Å². The van der Waals surface area contributed by atoms with Crippen LogP contribution in [0.25, 0.3) is 6.08 Å². The molecule has 4 rings (SSSR count). The second kappa shape index (κ2) is 8.82. The van der Waals surface area contributed by atoms with Crippen molar-refractivity contribution in [3.05, 3.63) is 46.5 Å². The molecule has 168 valence electrons. The lowest BCUT2D eigenvalue weighted by molar-refractivity contribution is -0.142. The van der Waals surface area contributed by atoms with E-state index in [0.717, 1.165) is 23.0 Å². The van der Waals surface area contributed by atoms with E-state index in [1.54, 1.807) is 20.3 Å². The van der Waals surface area contributed by atoms with Gasteiger partial charge in [0.1, 0.15) is 6.29 Å². The summed E-state index contributed by atoms with van der Waals surface area (Å²) in [4.78, 5) is 23.6. The van der Waals surface area contributed by atoms with Crippen molar-refractivity contribution in [2.75, 3.05) is 34.7 Å². The number of hydrogen-bond donors (Lipinski definition) is 0. The number of ether oxygens (including phenoxy) is 6. The Morgan fingerprint density at radius 3 is 2.25 bits per heavy atom. The van der Waals surface area contributed by atoms with Gasteiger partial charge >= 0.3 is 5.97 Å². The Kier molecular flexibility index (Phi) is 5.94. The Bertz CT molecular complexity index is 1060. The van der Waals surface area contributed by atoms with Gasteiger partial charge in [-0.05, 0) is 52.6 Å². The largest absolute Gasteiger partial charge is 0.493 e. The number of carbonyl (C=O) groups is 2. The molecule has 2 aliphatic rings. The first-order valence-electron chi connectivity index (χ1n) is 10.0. The van der Waals surface area contributed by atoms with Gasteiger partial charge in [0, 0.05) is 18.8 Å². The van der Waals surface area contributed by atoms with Crippen molar-refractivity contribution < 1.29 is 38.0 Å². The van der Waals surface area contributed by atoms with Gasteiger partial charge in [0.05, 0.1) is 27.9 Å². The SMILES string of the molecule is COc1cc([C@@H]2c3cc4c(cc3C=C(C=O)[C@H]2COC(C)=O)OCO4)cc(OC)c1OC. The number of aldehydes is 1. The smallest absolute Gasteiger partial charge is 0.302 e. The van der Waals surface area contributed by atoms with Crippen LogP contribution in [-0.2, 0) is 14.3 Å². The predicted molar refractivity (Wildman–Crippen MR) is 115 cm³/mol. The third-order valence-corrected chi connectivity index (χ3v) is 5.71. The van der Waals surface area contributed by atoms with Gasteiger partial charge in [0.15, 0.2) is 23.0 Å². The van der Waals surface area contributed by atoms with Crippen LogP contribution in [0, 0.1) is 5.92 Å². The Morgan fingerprint density at radius 1 is 1.03 bits per heavy atom. The van der Waals surface area contributed by atoms with Crippen LogP contribution in [0.4, 0.5) is 0 Å². The van der Waals surface area contributed by atoms with E-state index >= 15 is 0 Å². The highest BCUT2D eigenvalue weighted by Crippen LogP contribution is 2.49. The van der Waals surface area contributed by atoms with Crippen molar-refractivity contribution in [1.29, 1.82) is 0 Å². The van der Waals surface area contributed by atoms with Gasteiger partial charge in [-0.25, -0.2) is 0 Å². The van der Waals surface area contributed by atoms with Crippen LogP contribution in [-0.4, -0.2) is 47.0 Å². The summed E-state index contributed by atoms with van der Waals surface area (Å²) in [7, 11) is 4.62. The average Bonchev–Trinajstić information content (AvgIpc) is 3.26. The van der Waals surface area contributed by atoms with Crippen LogP contribution in [0.5, 0.6) is 28.7 Å². The minimum Gasteiger partial charge on any atom is -0.493 e. The van der Waals surface area contributed by atoms with Gasteiger partial charge in [-0.15, -0.1) is 0 Å². The molecule has 0 saturated carbocycles. The second-order valence-corrected chi connectivity index (χ2v) is 7.44. The molecule has 2 aromatic carbocycles. The summed E-state index contributed by atoms with van der Waals surface area (Å²) in [6.07, 6.45) is 2.60. The molecule has 0 radical (unpaired) electrons. The van der Waals surface area contributed by atoms with Gasteiger partial charge in [0.25, 0.3) is 0 Å². The maximum atomic E-state index is 12.0. The second-order valence-electron chi connectivity index (χ2n) is 7.44. The first-order valence-corrected chi connectivity index (χ1v) is 10.0. The lowest BCUT2D eigenvalue weighted by Crippen LogP contribution is -2.27. The van der Waals surface area contributed by atoms with Crippen molar-refractivity contribution in [3.8, 4) is 28.7 Å². The van der Waals surface area contributed by atoms with Crippen LogP contribution in [0.1, 0.15) is 29.5 Å². The molecule has 0 unspecified atom stereocenters. The standard InChI is InChI=1S/C24H24O8/c1-13(26)30-11-18-16(10-25)5-14-6-19-20(32-12-31-19)9-17(14)23(18)15-7-21(27-2)24(29-4)22(8-15)28-3/h5-10,18,23H,11-12H2,1-4H3/t18-,23-/m1/s1. The highest BCUT2D eigenvalue weighted by atomic mass is 16.7. The van der Waals surface area contributed by atoms with Crippen LogP contribution in [0.15, 0.2) is 29.8 Å². The number of fused-ring (bicyclic) bond motifs is 2. The van der Waals surface area contributed by atoms with E-state index in [9.17, 15) is 9.59 Å². The van der Waals surface area contributed by atoms with Crippen molar-refractivity contribution in [2.24, 2.45) is 5.92 Å². The fourth-order valence-electron chi connectivity index (χ4n) is 4.28. The molecular formula is C24H24O8. The predicted octanol–water partition coefficient (Wildman–Crippen LogP) is 3.35. The Labute approximate surface area is 185 Å². The molecule has 32 heavy (non-hydrogen) atoms. The van der Waals surface area contributed by atoms with E-state index < -0.39 is 11.9 Å². The van der Waals surface area contributed by atoms with Gasteiger partial charge < -0.3 is 28.4 Å². The normalized spacial score (nSPS) is 18.3. The van der Waals surface area contributed by atoms with E-state index in [1.807, 2.05) is 24.3 Å². The Morgan fingerprint density at radius 2 is 1.69 bits per heavy atom. The molecule has 8 heteroatoms. The molecule has 0 saturated heterocycles. The summed E-state index contributed by atoms with van der Waals surface area (Å²) in [6, 6.07) is 7.45. The zero-order valence-corrected chi connectivity index (χ0v) is 18.3. The van der Waals surface area contributed by atoms with Crippen LogP contribution in [0.3, 0.4) is 0 Å². The van der Waals surface area contributed by atoms with Crippen LogP contribution >= 0.6 is 0 Å². The first kappa shape index (κ1) is 21.5. The maximum absolute atomic E-state index is 12.0. The van der Waals surface area contributed by atoms with Crippen LogP contribution < -0.4 is 23.7 Å². The van der Waals surface area contributed by atoms with Crippen molar-refractivity contribution in [1.82, 2.24) is 0 Å². The molecule has 2 atom stereocenters. The molecule has 1 aliphatic heterocycles. The number of esters is 1. The topological polar surface area (TPSA) is 89.5 Å². The fourth-order valence-corrected chi connectivity index (χ4v) is 4.28. The third-order valence-electron chi connectivity index (χ3n) is 5.71. The quantitative estimate of drug-likeness (QED) is 0.478. The maximum Gasteiger partial charge on any atom is 0.302 e. The van der Waals surface area contributed by atoms with Gasteiger partial charge in [0.2, 0.25) is 12.5 Å². The molecule has 1 aliphatic carbocycles. The summed E-state index contributed by atoms with van der Waals surface area (Å²) in [5.41, 5.74) is 3.06. The Hall–Kier alpha value is -3.68. The minimum absolute atomic E-state index is 0.0368. The third kappa shape index (κ3) is 3.72. The van der Waals surface area contributed by atoms with Crippen molar-refractivity contribution in [3.63, 3.8) is 0 Å². The minimum atomic E-state index is -0.424. The zero-order valence-electron chi connectivity index (χ0n) is 18.3. The van der Waals surface area contributed by atoms with Gasteiger partial charge in [-0.1, -0.05) is 0 Å². The molecule has 0 fully saturated rings. The highest BCUT2D eigenvalue weighted by molar-refractivity contribution is 5.86. The first-order chi connectivity index (χ1) is 15.5. The molecule has 2 aromatic rings. The zero-order chi connectivity index (χ0) is 22.8. The van der Waals surface area contributed by atoms with Gasteiger partial charge in [-0.2, -0.15) is 0 Å². The number of rotatable bonds is 7. The van der Waals surface area contributed by atoms with Crippen molar-refractivity contribution >= 4 is 18.3 Å². The van der Waals surface area contributed by atoms with E-state index in [-0.39, 0.29) is 19.3 Å². The Balaban J connectivity index is 1.93. The molecule has 0 bridgehead atoms. The lowest BCUT2D eigenvalue weighted by Gasteiger charge is -2.33. The molecule has 1 heterocycles. The van der Waals surface area contributed by atoms with E-state index in [1.165, 1.54) is 14.0 Å². The fraction of sp³-hybridized carbons (Fsp3) is 0.333. The number of hydrogen-bond acceptors (Lipinski definition) is 8. The summed E-state index contributed by atoms with van der Waals surface area (Å²) >= 11 is 0. The summed E-state index contributed by atoms with van der Waals surface area (Å²) in [6.45, 7) is 1.51. The molecular weight excluding hydrogens is 416 g/mol. The van der Waals surface area contributed by atoms with Crippen LogP contribution in [0.2, 0.25) is 0 Å². The van der Waals surface area contributed by atoms with E-state index in [2.05, 4.69) is 0 Å². The number of carbonyl (C=O) groups excluding carboxylic acids is 2. The highest BCUT2D eigenvalue weighted by Gasteiger charge is 2.36. The summed E-state index contributed by atoms with van der Waals surface area (Å²) in [5, 5.41) is 0. The number of methoxy groups -OCH3 is 3. The lowest BCUT2D eigenvalue weighted by atomic mass is 9.72. The van der Waals surface area contributed by atoms with E-state index in [0.29, 0.717) is 34.3 Å². The molecule has 0 amide bonds. The molecule has 0 spiro atoms.